The number of hydrogen-bond acceptors (Lipinski definition) is 4. The summed E-state index contributed by atoms with van der Waals surface area (Å²) in [6, 6.07) is 25.9. The third kappa shape index (κ3) is 4.90. The van der Waals surface area contributed by atoms with Crippen LogP contribution in [0.4, 0.5) is 10.5 Å². The van der Waals surface area contributed by atoms with Gasteiger partial charge in [-0.1, -0.05) is 60.1 Å². The van der Waals surface area contributed by atoms with Gasteiger partial charge in [0.25, 0.3) is 5.91 Å². The Morgan fingerprint density at radius 3 is 2.50 bits per heavy atom. The van der Waals surface area contributed by atoms with Crippen LogP contribution >= 0.6 is 11.6 Å². The average molecular weight is 499 g/mol. The number of anilines is 1. The van der Waals surface area contributed by atoms with Crippen LogP contribution in [0.1, 0.15) is 18.1 Å². The zero-order chi connectivity index (χ0) is 25.1. The zero-order valence-electron chi connectivity index (χ0n) is 19.5. The molecule has 4 aromatic carbocycles. The summed E-state index contributed by atoms with van der Waals surface area (Å²) >= 11 is 6.03. The Morgan fingerprint density at radius 1 is 0.861 bits per heavy atom. The monoisotopic (exact) mass is 498 g/mol. The molecular weight excluding hydrogens is 476 g/mol. The molecule has 1 heterocycles. The van der Waals surface area contributed by atoms with Crippen LogP contribution < -0.4 is 19.7 Å². The van der Waals surface area contributed by atoms with Gasteiger partial charge in [0, 0.05) is 5.02 Å². The second-order valence-corrected chi connectivity index (χ2v) is 8.65. The number of rotatable bonds is 7. The number of amides is 3. The molecule has 4 aromatic rings. The maximum atomic E-state index is 12.9. The van der Waals surface area contributed by atoms with Crippen molar-refractivity contribution in [1.82, 2.24) is 5.32 Å². The molecule has 0 spiro atoms. The highest BCUT2D eigenvalue weighted by Gasteiger charge is 2.35. The fourth-order valence-corrected chi connectivity index (χ4v) is 4.23. The number of urea groups is 1. The second-order valence-electron chi connectivity index (χ2n) is 8.22. The van der Waals surface area contributed by atoms with Gasteiger partial charge < -0.3 is 14.8 Å². The van der Waals surface area contributed by atoms with Crippen molar-refractivity contribution in [3.63, 3.8) is 0 Å². The summed E-state index contributed by atoms with van der Waals surface area (Å²) in [5, 5.41) is 5.40. The molecule has 0 bridgehead atoms. The van der Waals surface area contributed by atoms with E-state index in [-0.39, 0.29) is 5.70 Å². The number of nitrogens with zero attached hydrogens (tertiary/aromatic N) is 1. The first-order valence-electron chi connectivity index (χ1n) is 11.5. The van der Waals surface area contributed by atoms with Crippen LogP contribution in [0.25, 0.3) is 16.8 Å². The average Bonchev–Trinajstić information content (AvgIpc) is 3.16. The number of carbonyl (C=O) groups is 2. The van der Waals surface area contributed by atoms with Gasteiger partial charge in [0.05, 0.1) is 12.3 Å². The molecule has 6 nitrogen and oxygen atoms in total. The minimum absolute atomic E-state index is 0.159. The Kier molecular flexibility index (Phi) is 6.60. The van der Waals surface area contributed by atoms with E-state index in [1.54, 1.807) is 42.5 Å². The topological polar surface area (TPSA) is 67.9 Å². The van der Waals surface area contributed by atoms with E-state index in [2.05, 4.69) is 29.6 Å². The van der Waals surface area contributed by atoms with Crippen molar-refractivity contribution in [1.29, 1.82) is 0 Å². The molecule has 0 aromatic heterocycles. The summed E-state index contributed by atoms with van der Waals surface area (Å²) in [6.07, 6.45) is 1.61. The largest absolute Gasteiger partial charge is 0.490 e. The van der Waals surface area contributed by atoms with E-state index >= 15 is 0 Å². The number of carbonyl (C=O) groups excluding carboxylic acids is 2. The molecule has 36 heavy (non-hydrogen) atoms. The summed E-state index contributed by atoms with van der Waals surface area (Å²) in [7, 11) is 0. The van der Waals surface area contributed by atoms with E-state index in [9.17, 15) is 9.59 Å². The van der Waals surface area contributed by atoms with Gasteiger partial charge in [-0.05, 0) is 71.3 Å². The van der Waals surface area contributed by atoms with Crippen molar-refractivity contribution in [3.8, 4) is 11.5 Å². The van der Waals surface area contributed by atoms with E-state index < -0.39 is 11.9 Å². The molecule has 7 heteroatoms. The lowest BCUT2D eigenvalue weighted by atomic mass is 10.1. The van der Waals surface area contributed by atoms with Crippen LogP contribution in [0.3, 0.4) is 0 Å². The summed E-state index contributed by atoms with van der Waals surface area (Å²) < 4.78 is 11.9. The number of imide groups is 1. The molecule has 3 amide bonds. The summed E-state index contributed by atoms with van der Waals surface area (Å²) in [4.78, 5) is 26.5. The van der Waals surface area contributed by atoms with Gasteiger partial charge in [-0.15, -0.1) is 0 Å². The van der Waals surface area contributed by atoms with Gasteiger partial charge in [0.1, 0.15) is 12.3 Å². The lowest BCUT2D eigenvalue weighted by Crippen LogP contribution is -2.30. The first kappa shape index (κ1) is 23.5. The summed E-state index contributed by atoms with van der Waals surface area (Å²) in [5.74, 6) is 0.683. The standard InChI is InChI=1S/C29H23ClN2O4/c1-2-35-27-16-19(15-25-28(33)32(29(34)31-25)24-9-5-8-23(30)17-24)11-13-26(27)36-18-20-10-12-21-6-3-4-7-22(21)14-20/h3-17H,2,18H2,1H3,(H,31,34)/b25-15+. The van der Waals surface area contributed by atoms with Crippen LogP contribution in [0, 0.1) is 0 Å². The number of hydrogen-bond donors (Lipinski definition) is 1. The molecule has 180 valence electrons. The van der Waals surface area contributed by atoms with Crippen LogP contribution in [0.15, 0.2) is 90.6 Å². The molecule has 5 rings (SSSR count). The fourth-order valence-electron chi connectivity index (χ4n) is 4.04. The normalized spacial score (nSPS) is 14.4. The molecule has 1 fully saturated rings. The molecule has 1 aliphatic heterocycles. The first-order valence-corrected chi connectivity index (χ1v) is 11.9. The Bertz CT molecular complexity index is 1500. The number of ether oxygens (including phenoxy) is 2. The van der Waals surface area contributed by atoms with Gasteiger partial charge in [-0.2, -0.15) is 0 Å². The fraction of sp³-hybridized carbons (Fsp3) is 0.103. The SMILES string of the molecule is CCOc1cc(/C=C2/NC(=O)N(c3cccc(Cl)c3)C2=O)ccc1OCc1ccc2ccccc2c1. The van der Waals surface area contributed by atoms with Crippen LogP contribution in [-0.4, -0.2) is 18.5 Å². The Morgan fingerprint density at radius 2 is 1.69 bits per heavy atom. The lowest BCUT2D eigenvalue weighted by Gasteiger charge is -2.13. The molecule has 0 radical (unpaired) electrons. The zero-order valence-corrected chi connectivity index (χ0v) is 20.3. The molecule has 1 N–H and O–H groups in total. The van der Waals surface area contributed by atoms with Crippen molar-refractivity contribution >= 4 is 46.1 Å². The van der Waals surface area contributed by atoms with Crippen molar-refractivity contribution in [2.45, 2.75) is 13.5 Å². The Balaban J connectivity index is 1.36. The quantitative estimate of drug-likeness (QED) is 0.231. The maximum absolute atomic E-state index is 12.9. The van der Waals surface area contributed by atoms with Crippen molar-refractivity contribution in [2.75, 3.05) is 11.5 Å². The minimum atomic E-state index is -0.533. The van der Waals surface area contributed by atoms with E-state index in [4.69, 9.17) is 21.1 Å². The van der Waals surface area contributed by atoms with E-state index in [0.717, 1.165) is 15.8 Å². The van der Waals surface area contributed by atoms with Crippen LogP contribution in [0.2, 0.25) is 5.02 Å². The molecular formula is C29H23ClN2O4. The predicted molar refractivity (Wildman–Crippen MR) is 141 cm³/mol. The van der Waals surface area contributed by atoms with Crippen molar-refractivity contribution in [2.24, 2.45) is 0 Å². The summed E-state index contributed by atoms with van der Waals surface area (Å²) in [6.45, 7) is 2.72. The third-order valence-corrected chi connectivity index (χ3v) is 5.97. The van der Waals surface area contributed by atoms with Gasteiger partial charge in [0.15, 0.2) is 11.5 Å². The van der Waals surface area contributed by atoms with Gasteiger partial charge in [-0.25, -0.2) is 9.69 Å². The van der Waals surface area contributed by atoms with Crippen LogP contribution in [0.5, 0.6) is 11.5 Å². The molecule has 0 saturated carbocycles. The molecule has 1 aliphatic rings. The molecule has 0 aliphatic carbocycles. The number of halogens is 1. The third-order valence-electron chi connectivity index (χ3n) is 5.73. The van der Waals surface area contributed by atoms with E-state index in [0.29, 0.717) is 41.0 Å². The van der Waals surface area contributed by atoms with Gasteiger partial charge in [-0.3, -0.25) is 4.79 Å². The predicted octanol–water partition coefficient (Wildman–Crippen LogP) is 6.57. The summed E-state index contributed by atoms with van der Waals surface area (Å²) in [5.41, 5.74) is 2.30. The number of fused-ring (bicyclic) bond motifs is 1. The first-order chi connectivity index (χ1) is 17.5. The van der Waals surface area contributed by atoms with Crippen LogP contribution in [-0.2, 0) is 11.4 Å². The number of benzene rings is 4. The van der Waals surface area contributed by atoms with E-state index in [1.165, 1.54) is 5.39 Å². The highest BCUT2D eigenvalue weighted by molar-refractivity contribution is 6.32. The molecule has 0 atom stereocenters. The lowest BCUT2D eigenvalue weighted by molar-refractivity contribution is -0.113. The highest BCUT2D eigenvalue weighted by Crippen LogP contribution is 2.31. The maximum Gasteiger partial charge on any atom is 0.333 e. The van der Waals surface area contributed by atoms with Gasteiger partial charge >= 0.3 is 6.03 Å². The second kappa shape index (κ2) is 10.1. The Hall–Kier alpha value is -4.29. The van der Waals surface area contributed by atoms with E-state index in [1.807, 2.05) is 31.2 Å². The van der Waals surface area contributed by atoms with Gasteiger partial charge in [0.2, 0.25) is 0 Å². The smallest absolute Gasteiger partial charge is 0.333 e. The van der Waals surface area contributed by atoms with Crippen molar-refractivity contribution < 1.29 is 19.1 Å². The Labute approximate surface area is 213 Å². The van der Waals surface area contributed by atoms with Crippen molar-refractivity contribution in [3.05, 3.63) is 107 Å². The number of nitrogens with one attached hydrogen (secondary N) is 1. The molecule has 1 saturated heterocycles. The molecule has 0 unspecified atom stereocenters. The minimum Gasteiger partial charge on any atom is -0.490 e. The highest BCUT2D eigenvalue weighted by atomic mass is 35.5.